The third kappa shape index (κ3) is 3.62. The molecule has 0 aliphatic rings. The average Bonchev–Trinajstić information content (AvgIpc) is 3.42. The van der Waals surface area contributed by atoms with Crippen LogP contribution in [0.1, 0.15) is 5.56 Å². The second-order valence-corrected chi connectivity index (χ2v) is 6.37. The summed E-state index contributed by atoms with van der Waals surface area (Å²) >= 11 is 0. The molecule has 28 heavy (non-hydrogen) atoms. The molecule has 7 heteroatoms. The van der Waals surface area contributed by atoms with Crippen LogP contribution in [0.15, 0.2) is 55.2 Å². The Kier molecular flexibility index (Phi) is 5.36. The molecule has 0 unspecified atom stereocenters. The molecule has 4 rings (SSSR count). The van der Waals surface area contributed by atoms with Gasteiger partial charge in [0, 0.05) is 42.1 Å². The number of imidazole rings is 1. The first kappa shape index (κ1) is 18.2. The number of methoxy groups -OCH3 is 2. The summed E-state index contributed by atoms with van der Waals surface area (Å²) in [5.74, 6) is 0.771. The van der Waals surface area contributed by atoms with Crippen LogP contribution in [-0.2, 0) is 16.1 Å². The van der Waals surface area contributed by atoms with E-state index in [0.717, 1.165) is 39.0 Å². The van der Waals surface area contributed by atoms with Gasteiger partial charge in [0.2, 0.25) is 0 Å². The van der Waals surface area contributed by atoms with Crippen molar-refractivity contribution >= 4 is 10.9 Å². The summed E-state index contributed by atoms with van der Waals surface area (Å²) in [5.41, 5.74) is 5.07. The van der Waals surface area contributed by atoms with E-state index in [-0.39, 0.29) is 0 Å². The van der Waals surface area contributed by atoms with Crippen LogP contribution in [0.5, 0.6) is 5.75 Å². The normalized spacial score (nSPS) is 11.2. The van der Waals surface area contributed by atoms with Crippen LogP contribution in [0.4, 0.5) is 0 Å². The topological polar surface area (TPSA) is 74.2 Å². The summed E-state index contributed by atoms with van der Waals surface area (Å²) in [6.07, 6.45) is 7.28. The molecule has 4 aromatic rings. The fourth-order valence-electron chi connectivity index (χ4n) is 3.19. The Morgan fingerprint density at radius 2 is 2.04 bits per heavy atom. The number of aromatic nitrogens is 4. The van der Waals surface area contributed by atoms with Crippen LogP contribution in [0.3, 0.4) is 0 Å². The van der Waals surface area contributed by atoms with Crippen molar-refractivity contribution in [2.45, 2.75) is 6.61 Å². The van der Waals surface area contributed by atoms with Crippen LogP contribution in [0.2, 0.25) is 0 Å². The molecule has 144 valence electrons. The van der Waals surface area contributed by atoms with Gasteiger partial charge in [-0.25, -0.2) is 4.98 Å². The monoisotopic (exact) mass is 378 g/mol. The molecule has 0 saturated heterocycles. The van der Waals surface area contributed by atoms with Gasteiger partial charge < -0.3 is 18.8 Å². The molecule has 1 N–H and O–H groups in total. The summed E-state index contributed by atoms with van der Waals surface area (Å²) in [5, 5.41) is 8.23. The number of H-pyrrole nitrogens is 1. The van der Waals surface area contributed by atoms with E-state index in [1.165, 1.54) is 0 Å². The number of hydrogen-bond acceptors (Lipinski definition) is 5. The molecular weight excluding hydrogens is 356 g/mol. The van der Waals surface area contributed by atoms with Gasteiger partial charge in [-0.1, -0.05) is 12.1 Å². The number of nitrogens with one attached hydrogen (secondary N) is 1. The third-order valence-corrected chi connectivity index (χ3v) is 4.62. The number of nitrogens with zero attached hydrogens (tertiary/aromatic N) is 3. The number of hydrogen-bond donors (Lipinski definition) is 1. The van der Waals surface area contributed by atoms with Crippen molar-refractivity contribution in [2.24, 2.45) is 0 Å². The minimum atomic E-state index is 0.441. The largest absolute Gasteiger partial charge is 0.496 e. The minimum Gasteiger partial charge on any atom is -0.496 e. The maximum Gasteiger partial charge on any atom is 0.126 e. The molecule has 0 fully saturated rings. The molecule has 0 bridgehead atoms. The van der Waals surface area contributed by atoms with E-state index in [4.69, 9.17) is 14.2 Å². The molecule has 0 atom stereocenters. The highest BCUT2D eigenvalue weighted by molar-refractivity contribution is 5.86. The first-order chi connectivity index (χ1) is 13.8. The summed E-state index contributed by atoms with van der Waals surface area (Å²) in [6.45, 7) is 1.52. The smallest absolute Gasteiger partial charge is 0.126 e. The molecule has 0 aliphatic heterocycles. The van der Waals surface area contributed by atoms with Gasteiger partial charge in [-0.15, -0.1) is 0 Å². The lowest BCUT2D eigenvalue weighted by atomic mass is 9.99. The number of ether oxygens (including phenoxy) is 3. The Bertz CT molecular complexity index is 1060. The van der Waals surface area contributed by atoms with Crippen molar-refractivity contribution in [1.29, 1.82) is 0 Å². The van der Waals surface area contributed by atoms with Crippen LogP contribution in [0.25, 0.3) is 27.7 Å². The molecular formula is C21H22N4O3. The molecule has 2 aromatic carbocycles. The summed E-state index contributed by atoms with van der Waals surface area (Å²) in [7, 11) is 3.33. The Morgan fingerprint density at radius 3 is 2.82 bits per heavy atom. The predicted octanol–water partition coefficient (Wildman–Crippen LogP) is 3.59. The van der Waals surface area contributed by atoms with E-state index in [1.54, 1.807) is 26.7 Å². The Morgan fingerprint density at radius 1 is 1.11 bits per heavy atom. The highest BCUT2D eigenvalue weighted by atomic mass is 16.5. The lowest BCUT2D eigenvalue weighted by Crippen LogP contribution is -2.05. The van der Waals surface area contributed by atoms with Crippen LogP contribution < -0.4 is 4.74 Å². The Hall–Kier alpha value is -3.16. The van der Waals surface area contributed by atoms with E-state index in [2.05, 4.69) is 39.4 Å². The number of aromatic amines is 1. The van der Waals surface area contributed by atoms with Crippen molar-refractivity contribution in [3.05, 3.63) is 60.8 Å². The second-order valence-electron chi connectivity index (χ2n) is 6.37. The van der Waals surface area contributed by atoms with Gasteiger partial charge in [0.05, 0.1) is 50.7 Å². The van der Waals surface area contributed by atoms with Crippen molar-refractivity contribution in [3.63, 3.8) is 0 Å². The van der Waals surface area contributed by atoms with Crippen LogP contribution in [0, 0.1) is 0 Å². The third-order valence-electron chi connectivity index (χ3n) is 4.62. The lowest BCUT2D eigenvalue weighted by molar-refractivity contribution is 0.0608. The fourth-order valence-corrected chi connectivity index (χ4v) is 3.19. The van der Waals surface area contributed by atoms with Crippen LogP contribution in [-0.4, -0.2) is 47.2 Å². The highest BCUT2D eigenvalue weighted by Gasteiger charge is 2.14. The predicted molar refractivity (Wildman–Crippen MR) is 107 cm³/mol. The van der Waals surface area contributed by atoms with Gasteiger partial charge in [-0.2, -0.15) is 5.10 Å². The van der Waals surface area contributed by atoms with Crippen LogP contribution >= 0.6 is 0 Å². The van der Waals surface area contributed by atoms with Crippen molar-refractivity contribution in [2.75, 3.05) is 27.4 Å². The van der Waals surface area contributed by atoms with Crippen molar-refractivity contribution in [1.82, 2.24) is 19.7 Å². The van der Waals surface area contributed by atoms with Gasteiger partial charge in [0.25, 0.3) is 0 Å². The first-order valence-corrected chi connectivity index (χ1v) is 8.99. The zero-order valence-electron chi connectivity index (χ0n) is 15.9. The Balaban J connectivity index is 1.80. The molecule has 7 nitrogen and oxygen atoms in total. The van der Waals surface area contributed by atoms with Gasteiger partial charge in [-0.05, 0) is 17.7 Å². The van der Waals surface area contributed by atoms with Gasteiger partial charge in [-0.3, -0.25) is 5.10 Å². The molecule has 0 aliphatic carbocycles. The van der Waals surface area contributed by atoms with E-state index in [1.807, 2.05) is 23.0 Å². The molecule has 0 spiro atoms. The van der Waals surface area contributed by atoms with Gasteiger partial charge in [0.1, 0.15) is 5.75 Å². The second kappa shape index (κ2) is 8.24. The summed E-state index contributed by atoms with van der Waals surface area (Å²) < 4.78 is 18.4. The number of rotatable bonds is 8. The number of fused-ring (bicyclic) bond motifs is 1. The van der Waals surface area contributed by atoms with Gasteiger partial charge >= 0.3 is 0 Å². The lowest BCUT2D eigenvalue weighted by Gasteiger charge is -2.17. The van der Waals surface area contributed by atoms with Crippen molar-refractivity contribution in [3.8, 4) is 22.6 Å². The Labute approximate surface area is 162 Å². The molecule has 2 aromatic heterocycles. The summed E-state index contributed by atoms with van der Waals surface area (Å²) in [6, 6.07) is 10.4. The number of benzene rings is 2. The quantitative estimate of drug-likeness (QED) is 0.474. The average molecular weight is 378 g/mol. The zero-order valence-corrected chi connectivity index (χ0v) is 15.9. The van der Waals surface area contributed by atoms with Gasteiger partial charge in [0.15, 0.2) is 0 Å². The highest BCUT2D eigenvalue weighted by Crippen LogP contribution is 2.35. The molecule has 0 amide bonds. The molecule has 2 heterocycles. The SMILES string of the molecule is COCCOCc1cc(-c2ccc3cn[nH]c3c2)c(-n2ccnc2)cc1OC. The van der Waals surface area contributed by atoms with E-state index in [9.17, 15) is 0 Å². The molecule has 0 saturated carbocycles. The first-order valence-electron chi connectivity index (χ1n) is 8.99. The van der Waals surface area contributed by atoms with E-state index >= 15 is 0 Å². The van der Waals surface area contributed by atoms with E-state index in [0.29, 0.717) is 19.8 Å². The zero-order chi connectivity index (χ0) is 19.3. The van der Waals surface area contributed by atoms with Crippen molar-refractivity contribution < 1.29 is 14.2 Å². The maximum absolute atomic E-state index is 5.74. The minimum absolute atomic E-state index is 0.441. The summed E-state index contributed by atoms with van der Waals surface area (Å²) in [4.78, 5) is 4.19. The molecule has 0 radical (unpaired) electrons. The maximum atomic E-state index is 5.74. The fraction of sp³-hybridized carbons (Fsp3) is 0.238. The standard InChI is InChI=1S/C21H22N4O3/c1-26-7-8-28-13-17-9-18(15-3-4-16-12-23-24-19(16)10-15)20(11-21(17)27-2)25-6-5-22-14-25/h3-6,9-12,14H,7-8,13H2,1-2H3,(H,23,24). The van der Waals surface area contributed by atoms with E-state index < -0.39 is 0 Å².